The maximum Gasteiger partial charge on any atom is 0.243 e. The van der Waals surface area contributed by atoms with E-state index in [-0.39, 0.29) is 19.1 Å². The van der Waals surface area contributed by atoms with E-state index in [1.165, 1.54) is 0 Å². The number of rotatable bonds is 9. The van der Waals surface area contributed by atoms with Gasteiger partial charge in [-0.05, 0) is 12.1 Å². The van der Waals surface area contributed by atoms with Crippen LogP contribution in [0.5, 0.6) is 5.75 Å². The van der Waals surface area contributed by atoms with Crippen molar-refractivity contribution in [2.24, 2.45) is 5.73 Å². The normalized spacial score (nSPS) is 10.1. The van der Waals surface area contributed by atoms with Gasteiger partial charge < -0.3 is 25.8 Å². The van der Waals surface area contributed by atoms with Gasteiger partial charge in [0.15, 0.2) is 0 Å². The summed E-state index contributed by atoms with van der Waals surface area (Å²) in [4.78, 5) is 22.1. The molecule has 7 heteroatoms. The molecule has 0 saturated heterocycles. The lowest BCUT2D eigenvalue weighted by molar-refractivity contribution is -0.122. The van der Waals surface area contributed by atoms with E-state index in [0.29, 0.717) is 24.6 Å². The Hall–Kier alpha value is -2.12. The number of methoxy groups -OCH3 is 1. The number of anilines is 1. The molecule has 0 radical (unpaired) electrons. The first-order valence-electron chi connectivity index (χ1n) is 6.13. The number of carbonyl (C=O) groups is 2. The molecule has 20 heavy (non-hydrogen) atoms. The molecule has 0 aliphatic rings. The van der Waals surface area contributed by atoms with Crippen LogP contribution in [0.2, 0.25) is 0 Å². The Balaban J connectivity index is 2.22. The molecule has 7 nitrogen and oxygen atoms in total. The summed E-state index contributed by atoms with van der Waals surface area (Å²) in [5.74, 6) is -0.103. The van der Waals surface area contributed by atoms with E-state index in [2.05, 4.69) is 10.6 Å². The minimum absolute atomic E-state index is 0.116. The van der Waals surface area contributed by atoms with Gasteiger partial charge in [-0.3, -0.25) is 9.59 Å². The molecule has 0 unspecified atom stereocenters. The highest BCUT2D eigenvalue weighted by Crippen LogP contribution is 2.22. The second-order valence-electron chi connectivity index (χ2n) is 3.94. The van der Waals surface area contributed by atoms with Crippen molar-refractivity contribution >= 4 is 17.5 Å². The number of para-hydroxylation sites is 2. The minimum atomic E-state index is -0.515. The van der Waals surface area contributed by atoms with Gasteiger partial charge in [-0.25, -0.2) is 0 Å². The average Bonchev–Trinajstić information content (AvgIpc) is 2.43. The molecule has 0 bridgehead atoms. The predicted octanol–water partition coefficient (Wildman–Crippen LogP) is -0.275. The predicted molar refractivity (Wildman–Crippen MR) is 74.5 cm³/mol. The molecule has 110 valence electrons. The lowest BCUT2D eigenvalue weighted by atomic mass is 10.3. The summed E-state index contributed by atoms with van der Waals surface area (Å²) in [5.41, 5.74) is 5.53. The molecule has 1 rings (SSSR count). The van der Waals surface area contributed by atoms with Crippen LogP contribution in [0, 0.1) is 0 Å². The molecular weight excluding hydrogens is 262 g/mol. The molecule has 0 saturated carbocycles. The summed E-state index contributed by atoms with van der Waals surface area (Å²) in [6.07, 6.45) is 0. The number of carbonyl (C=O) groups excluding carboxylic acids is 2. The van der Waals surface area contributed by atoms with Crippen LogP contribution in [-0.4, -0.2) is 45.2 Å². The zero-order valence-corrected chi connectivity index (χ0v) is 11.3. The van der Waals surface area contributed by atoms with Crippen LogP contribution in [0.25, 0.3) is 0 Å². The minimum Gasteiger partial charge on any atom is -0.495 e. The Morgan fingerprint density at radius 3 is 2.75 bits per heavy atom. The number of nitrogens with two attached hydrogens (primary N) is 1. The monoisotopic (exact) mass is 281 g/mol. The molecule has 0 spiro atoms. The van der Waals surface area contributed by atoms with Crippen molar-refractivity contribution in [1.29, 1.82) is 0 Å². The number of hydrogen-bond acceptors (Lipinski definition) is 5. The zero-order valence-electron chi connectivity index (χ0n) is 11.3. The van der Waals surface area contributed by atoms with Gasteiger partial charge in [0.05, 0.1) is 25.9 Å². The molecule has 1 aromatic carbocycles. The number of ether oxygens (including phenoxy) is 2. The van der Waals surface area contributed by atoms with Gasteiger partial charge in [-0.15, -0.1) is 0 Å². The summed E-state index contributed by atoms with van der Waals surface area (Å²) >= 11 is 0. The molecule has 1 aromatic rings. The fraction of sp³-hybridized carbons (Fsp3) is 0.385. The highest BCUT2D eigenvalue weighted by molar-refractivity contribution is 5.93. The largest absolute Gasteiger partial charge is 0.495 e. The third-order valence-electron chi connectivity index (χ3n) is 2.33. The second kappa shape index (κ2) is 8.89. The van der Waals surface area contributed by atoms with Crippen molar-refractivity contribution in [3.63, 3.8) is 0 Å². The van der Waals surface area contributed by atoms with Gasteiger partial charge >= 0.3 is 0 Å². The molecular formula is C13H19N3O4. The van der Waals surface area contributed by atoms with E-state index in [4.69, 9.17) is 15.2 Å². The molecule has 0 atom stereocenters. The first kappa shape index (κ1) is 15.9. The standard InChI is InChI=1S/C13H19N3O4/c1-19-11-5-3-2-4-10(11)16-13(18)8-15-6-7-20-9-12(14)17/h2-5,15H,6-9H2,1H3,(H2,14,17)(H,16,18). The topological polar surface area (TPSA) is 103 Å². The SMILES string of the molecule is COc1ccccc1NC(=O)CNCCOCC(N)=O. The molecule has 0 heterocycles. The second-order valence-corrected chi connectivity index (χ2v) is 3.94. The number of benzene rings is 1. The van der Waals surface area contributed by atoms with Crippen molar-refractivity contribution in [2.75, 3.05) is 38.7 Å². The van der Waals surface area contributed by atoms with Crippen LogP contribution >= 0.6 is 0 Å². The smallest absolute Gasteiger partial charge is 0.243 e. The lowest BCUT2D eigenvalue weighted by Crippen LogP contribution is -2.31. The number of amides is 2. The van der Waals surface area contributed by atoms with E-state index in [0.717, 1.165) is 0 Å². The van der Waals surface area contributed by atoms with Crippen LogP contribution < -0.4 is 21.1 Å². The van der Waals surface area contributed by atoms with Crippen molar-refractivity contribution in [3.8, 4) is 5.75 Å². The first-order valence-corrected chi connectivity index (χ1v) is 6.13. The third kappa shape index (κ3) is 6.17. The van der Waals surface area contributed by atoms with E-state index in [1.807, 2.05) is 12.1 Å². The Bertz CT molecular complexity index is 451. The molecule has 0 aromatic heterocycles. The summed E-state index contributed by atoms with van der Waals surface area (Å²) in [6, 6.07) is 7.15. The van der Waals surface area contributed by atoms with E-state index in [1.54, 1.807) is 19.2 Å². The Kier molecular flexibility index (Phi) is 7.08. The molecule has 2 amide bonds. The van der Waals surface area contributed by atoms with E-state index in [9.17, 15) is 9.59 Å². The summed E-state index contributed by atoms with van der Waals surface area (Å²) < 4.78 is 10.1. The quantitative estimate of drug-likeness (QED) is 0.540. The Morgan fingerprint density at radius 1 is 1.30 bits per heavy atom. The van der Waals surface area contributed by atoms with Gasteiger partial charge in [0.1, 0.15) is 12.4 Å². The number of nitrogens with one attached hydrogen (secondary N) is 2. The maximum atomic E-state index is 11.7. The van der Waals surface area contributed by atoms with Crippen LogP contribution in [-0.2, 0) is 14.3 Å². The summed E-state index contributed by atoms with van der Waals surface area (Å²) in [5, 5.41) is 5.62. The van der Waals surface area contributed by atoms with Gasteiger partial charge in [0.2, 0.25) is 11.8 Å². The van der Waals surface area contributed by atoms with Crippen LogP contribution in [0.15, 0.2) is 24.3 Å². The lowest BCUT2D eigenvalue weighted by Gasteiger charge is -2.10. The highest BCUT2D eigenvalue weighted by Gasteiger charge is 2.06. The van der Waals surface area contributed by atoms with E-state index < -0.39 is 5.91 Å². The van der Waals surface area contributed by atoms with Crippen molar-refractivity contribution < 1.29 is 19.1 Å². The fourth-order valence-corrected chi connectivity index (χ4v) is 1.46. The fourth-order valence-electron chi connectivity index (χ4n) is 1.46. The first-order chi connectivity index (χ1) is 9.63. The summed E-state index contributed by atoms with van der Waals surface area (Å²) in [7, 11) is 1.54. The van der Waals surface area contributed by atoms with Crippen molar-refractivity contribution in [2.45, 2.75) is 0 Å². The van der Waals surface area contributed by atoms with E-state index >= 15 is 0 Å². The summed E-state index contributed by atoms with van der Waals surface area (Å²) in [6.45, 7) is 0.782. The number of primary amides is 1. The molecule has 4 N–H and O–H groups in total. The van der Waals surface area contributed by atoms with Crippen LogP contribution in [0.4, 0.5) is 5.69 Å². The molecule has 0 aliphatic heterocycles. The van der Waals surface area contributed by atoms with Crippen molar-refractivity contribution in [3.05, 3.63) is 24.3 Å². The van der Waals surface area contributed by atoms with Crippen LogP contribution in [0.1, 0.15) is 0 Å². The Morgan fingerprint density at radius 2 is 2.05 bits per heavy atom. The van der Waals surface area contributed by atoms with Crippen LogP contribution in [0.3, 0.4) is 0 Å². The van der Waals surface area contributed by atoms with Gasteiger partial charge in [-0.1, -0.05) is 12.1 Å². The molecule has 0 aliphatic carbocycles. The van der Waals surface area contributed by atoms with Gasteiger partial charge in [0, 0.05) is 6.54 Å². The average molecular weight is 281 g/mol. The van der Waals surface area contributed by atoms with Gasteiger partial charge in [0.25, 0.3) is 0 Å². The highest BCUT2D eigenvalue weighted by atomic mass is 16.5. The number of hydrogen-bond donors (Lipinski definition) is 3. The zero-order chi connectivity index (χ0) is 14.8. The van der Waals surface area contributed by atoms with Crippen molar-refractivity contribution in [1.82, 2.24) is 5.32 Å². The third-order valence-corrected chi connectivity index (χ3v) is 2.33. The van der Waals surface area contributed by atoms with Gasteiger partial charge in [-0.2, -0.15) is 0 Å². The Labute approximate surface area is 117 Å². The maximum absolute atomic E-state index is 11.7. The molecule has 0 fully saturated rings.